The average molecular weight is 472 g/mol. The van der Waals surface area contributed by atoms with Gasteiger partial charge in [0.05, 0.1) is 10.9 Å². The molecule has 0 radical (unpaired) electrons. The Bertz CT molecular complexity index is 1030. The molecule has 1 saturated heterocycles. The summed E-state index contributed by atoms with van der Waals surface area (Å²) in [7, 11) is 0. The van der Waals surface area contributed by atoms with Gasteiger partial charge in [0.15, 0.2) is 5.16 Å². The number of rotatable bonds is 8. The highest BCUT2D eigenvalue weighted by Gasteiger charge is 2.19. The van der Waals surface area contributed by atoms with Crippen molar-refractivity contribution in [1.29, 1.82) is 0 Å². The summed E-state index contributed by atoms with van der Waals surface area (Å²) in [5, 5.41) is 1.56. The topological polar surface area (TPSA) is 116 Å². The van der Waals surface area contributed by atoms with Crippen LogP contribution in [0.15, 0.2) is 29.6 Å². The van der Waals surface area contributed by atoms with E-state index >= 15 is 0 Å². The van der Waals surface area contributed by atoms with Crippen LogP contribution in [0.2, 0.25) is 0 Å². The molecule has 1 aliphatic heterocycles. The number of aromatic nitrogens is 4. The van der Waals surface area contributed by atoms with Gasteiger partial charge in [0.25, 0.3) is 0 Å². The zero-order valence-electron chi connectivity index (χ0n) is 18.5. The van der Waals surface area contributed by atoms with E-state index in [1.54, 1.807) is 23.6 Å². The maximum atomic E-state index is 5.94. The summed E-state index contributed by atoms with van der Waals surface area (Å²) in [5.41, 5.74) is 13.6. The summed E-state index contributed by atoms with van der Waals surface area (Å²) in [4.78, 5) is 21.4. The molecule has 32 heavy (non-hydrogen) atoms. The third-order valence-electron chi connectivity index (χ3n) is 5.33. The van der Waals surface area contributed by atoms with Crippen molar-refractivity contribution in [2.45, 2.75) is 43.5 Å². The van der Waals surface area contributed by atoms with Crippen LogP contribution in [0.1, 0.15) is 42.0 Å². The van der Waals surface area contributed by atoms with Crippen LogP contribution >= 0.6 is 23.1 Å². The van der Waals surface area contributed by atoms with Crippen molar-refractivity contribution in [3.8, 4) is 16.5 Å². The molecule has 1 atom stereocenters. The largest absolute Gasteiger partial charge is 0.476 e. The van der Waals surface area contributed by atoms with Crippen molar-refractivity contribution in [3.63, 3.8) is 0 Å². The van der Waals surface area contributed by atoms with Gasteiger partial charge in [0, 0.05) is 35.3 Å². The van der Waals surface area contributed by atoms with E-state index in [0.717, 1.165) is 27.7 Å². The molecular weight excluding hydrogens is 442 g/mol. The third-order valence-corrected chi connectivity index (χ3v) is 7.34. The lowest BCUT2D eigenvalue weighted by atomic mass is 10.1. The number of pyridine rings is 1. The average Bonchev–Trinajstić information content (AvgIpc) is 3.16. The number of hydrogen-bond acceptors (Lipinski definition) is 10. The van der Waals surface area contributed by atoms with Crippen LogP contribution in [0.3, 0.4) is 0 Å². The lowest BCUT2D eigenvalue weighted by molar-refractivity contribution is 0.180. The maximum absolute atomic E-state index is 5.94. The molecule has 4 rings (SSSR count). The summed E-state index contributed by atoms with van der Waals surface area (Å²) in [6.07, 6.45) is 5.69. The summed E-state index contributed by atoms with van der Waals surface area (Å²) >= 11 is 3.16. The minimum atomic E-state index is 0.0586. The summed E-state index contributed by atoms with van der Waals surface area (Å²) in [6.45, 7) is 8.09. The Morgan fingerprint density at radius 1 is 1.12 bits per heavy atom. The molecule has 10 heteroatoms. The number of thioether (sulfide) groups is 1. The fourth-order valence-electron chi connectivity index (χ4n) is 3.72. The number of hydrogen-bond donors (Lipinski definition) is 2. The second-order valence-corrected chi connectivity index (χ2v) is 10.4. The Labute approximate surface area is 196 Å². The Hall–Kier alpha value is -2.43. The number of anilines is 2. The Balaban J connectivity index is 1.41. The van der Waals surface area contributed by atoms with E-state index in [4.69, 9.17) is 21.2 Å². The fraction of sp³-hybridized carbons (Fsp3) is 0.455. The van der Waals surface area contributed by atoms with E-state index in [-0.39, 0.29) is 5.25 Å². The van der Waals surface area contributed by atoms with Crippen LogP contribution < -0.4 is 16.2 Å². The van der Waals surface area contributed by atoms with Gasteiger partial charge in [-0.25, -0.2) is 19.9 Å². The number of thiazole rings is 1. The molecule has 3 aromatic rings. The molecule has 8 nitrogen and oxygen atoms in total. The predicted octanol–water partition coefficient (Wildman–Crippen LogP) is 4.19. The first-order chi connectivity index (χ1) is 15.5. The molecular formula is C22H29N7OS2. The van der Waals surface area contributed by atoms with E-state index in [0.29, 0.717) is 29.3 Å². The molecule has 4 N–H and O–H groups in total. The van der Waals surface area contributed by atoms with Crippen LogP contribution in [-0.4, -0.2) is 51.1 Å². The van der Waals surface area contributed by atoms with E-state index in [9.17, 15) is 0 Å². The van der Waals surface area contributed by atoms with Crippen LogP contribution in [-0.2, 0) is 0 Å². The first-order valence-corrected chi connectivity index (χ1v) is 12.5. The molecule has 3 aromatic heterocycles. The lowest BCUT2D eigenvalue weighted by Gasteiger charge is -2.26. The molecule has 0 amide bonds. The zero-order valence-corrected chi connectivity index (χ0v) is 20.1. The third kappa shape index (κ3) is 5.87. The Kier molecular flexibility index (Phi) is 7.44. The molecule has 4 heterocycles. The van der Waals surface area contributed by atoms with Crippen molar-refractivity contribution in [3.05, 3.63) is 35.0 Å². The minimum absolute atomic E-state index is 0.0586. The number of likely N-dealkylation sites (tertiary alicyclic amines) is 1. The molecule has 1 fully saturated rings. The standard InChI is InChI=1S/C22H29N7OS2/c1-14-20(15(2)32-22-26-17(23)13-18(24)27-22)28-21(31-14)16-6-7-25-19(12-16)30-11-10-29-8-4-3-5-9-29/h6-7,12-13,15H,3-5,8-11H2,1-2H3,(H4,23,24,26,27). The van der Waals surface area contributed by atoms with Crippen molar-refractivity contribution < 1.29 is 4.74 Å². The number of nitrogen functional groups attached to an aromatic ring is 2. The van der Waals surface area contributed by atoms with Crippen LogP contribution in [0.25, 0.3) is 10.6 Å². The zero-order chi connectivity index (χ0) is 22.5. The van der Waals surface area contributed by atoms with E-state index in [1.807, 2.05) is 12.1 Å². The summed E-state index contributed by atoms with van der Waals surface area (Å²) in [5.74, 6) is 1.37. The van der Waals surface area contributed by atoms with Gasteiger partial charge in [-0.3, -0.25) is 4.90 Å². The number of ether oxygens (including phenoxy) is 1. The number of nitrogens with two attached hydrogens (primary N) is 2. The number of aryl methyl sites for hydroxylation is 1. The molecule has 0 aromatic carbocycles. The smallest absolute Gasteiger partial charge is 0.213 e. The lowest BCUT2D eigenvalue weighted by Crippen LogP contribution is -2.33. The first-order valence-electron chi connectivity index (χ1n) is 10.8. The maximum Gasteiger partial charge on any atom is 0.213 e. The first kappa shape index (κ1) is 22.8. The van der Waals surface area contributed by atoms with Gasteiger partial charge in [-0.2, -0.15) is 0 Å². The highest BCUT2D eigenvalue weighted by molar-refractivity contribution is 7.99. The monoisotopic (exact) mass is 471 g/mol. The summed E-state index contributed by atoms with van der Waals surface area (Å²) in [6, 6.07) is 5.49. The Morgan fingerprint density at radius 2 is 1.88 bits per heavy atom. The predicted molar refractivity (Wildman–Crippen MR) is 131 cm³/mol. The van der Waals surface area contributed by atoms with Gasteiger partial charge >= 0.3 is 0 Å². The Morgan fingerprint density at radius 3 is 2.62 bits per heavy atom. The van der Waals surface area contributed by atoms with E-state index in [2.05, 4.69) is 33.7 Å². The summed E-state index contributed by atoms with van der Waals surface area (Å²) < 4.78 is 5.94. The van der Waals surface area contributed by atoms with Crippen LogP contribution in [0.5, 0.6) is 5.88 Å². The highest BCUT2D eigenvalue weighted by atomic mass is 32.2. The number of piperidine rings is 1. The minimum Gasteiger partial charge on any atom is -0.476 e. The molecule has 0 spiro atoms. The van der Waals surface area contributed by atoms with E-state index < -0.39 is 0 Å². The number of nitrogens with zero attached hydrogens (tertiary/aromatic N) is 5. The second-order valence-electron chi connectivity index (χ2n) is 7.85. The molecule has 0 saturated carbocycles. The van der Waals surface area contributed by atoms with Crippen LogP contribution in [0.4, 0.5) is 11.6 Å². The van der Waals surface area contributed by atoms with Gasteiger partial charge in [0.1, 0.15) is 23.3 Å². The molecule has 170 valence electrons. The normalized spacial score (nSPS) is 15.6. The van der Waals surface area contributed by atoms with Gasteiger partial charge in [-0.1, -0.05) is 18.2 Å². The van der Waals surface area contributed by atoms with Crippen molar-refractivity contribution in [2.24, 2.45) is 0 Å². The van der Waals surface area contributed by atoms with Crippen LogP contribution in [0, 0.1) is 6.92 Å². The van der Waals surface area contributed by atoms with Gasteiger partial charge in [-0.15, -0.1) is 11.3 Å². The van der Waals surface area contributed by atoms with E-state index in [1.165, 1.54) is 44.1 Å². The second kappa shape index (κ2) is 10.5. The van der Waals surface area contributed by atoms with Gasteiger partial charge < -0.3 is 16.2 Å². The molecule has 0 aliphatic carbocycles. The van der Waals surface area contributed by atoms with Crippen molar-refractivity contribution >= 4 is 34.7 Å². The van der Waals surface area contributed by atoms with Gasteiger partial charge in [-0.05, 0) is 45.8 Å². The molecule has 1 unspecified atom stereocenters. The van der Waals surface area contributed by atoms with Crippen molar-refractivity contribution in [2.75, 3.05) is 37.7 Å². The molecule has 1 aliphatic rings. The highest BCUT2D eigenvalue weighted by Crippen LogP contribution is 2.39. The SMILES string of the molecule is Cc1sc(-c2ccnc(OCCN3CCCCC3)c2)nc1C(C)Sc1nc(N)cc(N)n1. The molecule has 0 bridgehead atoms. The van der Waals surface area contributed by atoms with Gasteiger partial charge in [0.2, 0.25) is 5.88 Å². The quantitative estimate of drug-likeness (QED) is 0.368. The fourth-order valence-corrected chi connectivity index (χ4v) is 5.78. The van der Waals surface area contributed by atoms with Crippen molar-refractivity contribution in [1.82, 2.24) is 24.8 Å².